The summed E-state index contributed by atoms with van der Waals surface area (Å²) >= 11 is 6.18. The Balaban J connectivity index is 1.78. The largest absolute Gasteiger partial charge is 0.488 e. The van der Waals surface area contributed by atoms with Gasteiger partial charge >= 0.3 is 0 Å². The van der Waals surface area contributed by atoms with Crippen LogP contribution < -0.4 is 15.8 Å². The third-order valence-corrected chi connectivity index (χ3v) is 6.17. The van der Waals surface area contributed by atoms with Crippen LogP contribution in [0.15, 0.2) is 23.9 Å². The molecule has 2 aromatic rings. The normalized spacial score (nSPS) is 14.3. The molecule has 3 rings (SSSR count). The van der Waals surface area contributed by atoms with Crippen LogP contribution >= 0.6 is 11.6 Å². The Morgan fingerprint density at radius 2 is 1.97 bits per heavy atom. The molecule has 0 unspecified atom stereocenters. The molecule has 9 nitrogen and oxygen atoms in total. The summed E-state index contributed by atoms with van der Waals surface area (Å²) in [6, 6.07) is 3.70. The van der Waals surface area contributed by atoms with Gasteiger partial charge in [-0.25, -0.2) is 14.4 Å². The topological polar surface area (TPSA) is 131 Å². The Bertz CT molecular complexity index is 1130. The molecule has 0 fully saturated rings. The predicted octanol–water partition coefficient (Wildman–Crippen LogP) is 2.37. The van der Waals surface area contributed by atoms with Crippen LogP contribution in [0.3, 0.4) is 0 Å². The maximum Gasteiger partial charge on any atom is 0.258 e. The van der Waals surface area contributed by atoms with Crippen molar-refractivity contribution in [3.63, 3.8) is 0 Å². The second-order valence-electron chi connectivity index (χ2n) is 8.26. The predicted molar refractivity (Wildman–Crippen MR) is 129 cm³/mol. The number of carbonyl (C=O) groups excluding carboxylic acids is 2. The first-order valence-corrected chi connectivity index (χ1v) is 11.6. The summed E-state index contributed by atoms with van der Waals surface area (Å²) in [6.07, 6.45) is -0.0300. The number of carbonyl (C=O) groups is 2. The number of hydrogen-bond donors (Lipinski definition) is 3. The molecule has 4 N–H and O–H groups in total. The molecule has 2 heterocycles. The fraction of sp³-hybridized carbons (Fsp3) is 0.417. The van der Waals surface area contributed by atoms with Gasteiger partial charge in [0.05, 0.1) is 48.2 Å². The Kier molecular flexibility index (Phi) is 8.63. The van der Waals surface area contributed by atoms with Crippen LogP contribution in [-0.2, 0) is 4.79 Å². The van der Waals surface area contributed by atoms with E-state index in [1.165, 1.54) is 17.0 Å². The van der Waals surface area contributed by atoms with Crippen LogP contribution in [0.25, 0.3) is 5.57 Å². The lowest BCUT2D eigenvalue weighted by Gasteiger charge is -2.22. The first-order valence-electron chi connectivity index (χ1n) is 11.3. The Morgan fingerprint density at radius 1 is 1.29 bits per heavy atom. The molecular weight excluding hydrogens is 477 g/mol. The van der Waals surface area contributed by atoms with E-state index in [2.05, 4.69) is 15.3 Å². The van der Waals surface area contributed by atoms with Gasteiger partial charge in [0.25, 0.3) is 5.91 Å². The Labute approximate surface area is 208 Å². The van der Waals surface area contributed by atoms with E-state index >= 15 is 0 Å². The van der Waals surface area contributed by atoms with Crippen LogP contribution in [0.1, 0.15) is 47.3 Å². The fourth-order valence-corrected chi connectivity index (χ4v) is 3.74. The van der Waals surface area contributed by atoms with Gasteiger partial charge in [0, 0.05) is 23.8 Å². The van der Waals surface area contributed by atoms with Crippen LogP contribution in [0.4, 0.5) is 4.39 Å². The molecular formula is C24H29ClFN5O4. The second kappa shape index (κ2) is 11.5. The molecule has 0 saturated carbocycles. The highest BCUT2D eigenvalue weighted by atomic mass is 35.5. The van der Waals surface area contributed by atoms with E-state index in [1.807, 2.05) is 6.92 Å². The number of aryl methyl sites for hydroxylation is 2. The summed E-state index contributed by atoms with van der Waals surface area (Å²) in [5, 5.41) is 12.0. The highest BCUT2D eigenvalue weighted by molar-refractivity contribution is 6.31. The lowest BCUT2D eigenvalue weighted by atomic mass is 10.1. The van der Waals surface area contributed by atoms with Gasteiger partial charge < -0.3 is 25.8 Å². The zero-order valence-electron chi connectivity index (χ0n) is 19.9. The molecule has 0 radical (unpaired) electrons. The number of nitrogens with one attached hydrogen (secondary N) is 1. The zero-order chi connectivity index (χ0) is 25.7. The van der Waals surface area contributed by atoms with Crippen molar-refractivity contribution in [3.05, 3.63) is 57.5 Å². The minimum Gasteiger partial charge on any atom is -0.488 e. The van der Waals surface area contributed by atoms with E-state index in [9.17, 15) is 14.0 Å². The van der Waals surface area contributed by atoms with E-state index < -0.39 is 11.9 Å². The van der Waals surface area contributed by atoms with Gasteiger partial charge in [-0.05, 0) is 32.4 Å². The molecule has 1 aliphatic rings. The number of aromatic nitrogens is 2. The number of nitrogens with zero attached hydrogens (tertiary/aromatic N) is 3. The van der Waals surface area contributed by atoms with Gasteiger partial charge in [-0.3, -0.25) is 9.59 Å². The van der Waals surface area contributed by atoms with Crippen molar-refractivity contribution >= 4 is 29.0 Å². The maximum atomic E-state index is 14.1. The van der Waals surface area contributed by atoms with Gasteiger partial charge in [-0.15, -0.1) is 0 Å². The molecule has 1 atom stereocenters. The van der Waals surface area contributed by atoms with Gasteiger partial charge in [0.2, 0.25) is 5.91 Å². The number of nitrogens with two attached hydrogens (primary N) is 1. The zero-order valence-corrected chi connectivity index (χ0v) is 20.7. The third kappa shape index (κ3) is 6.26. The van der Waals surface area contributed by atoms with Crippen LogP contribution in [0.5, 0.6) is 5.75 Å². The summed E-state index contributed by atoms with van der Waals surface area (Å²) < 4.78 is 20.0. The maximum absolute atomic E-state index is 14.1. The SMILES string of the molecule is CC[C@H](CNC(=O)CCO)Oc1cc(F)ccc1C(=O)N1CC(N)=C(c2nc(C)c(Cl)c(C)n2)C1. The molecule has 1 aromatic carbocycles. The molecule has 0 aliphatic carbocycles. The van der Waals surface area contributed by atoms with Gasteiger partial charge in [-0.1, -0.05) is 18.5 Å². The molecule has 11 heteroatoms. The first kappa shape index (κ1) is 26.4. The summed E-state index contributed by atoms with van der Waals surface area (Å²) in [7, 11) is 0. The van der Waals surface area contributed by atoms with E-state index in [0.717, 1.165) is 6.07 Å². The van der Waals surface area contributed by atoms with Crippen molar-refractivity contribution in [1.82, 2.24) is 20.2 Å². The van der Waals surface area contributed by atoms with Crippen LogP contribution in [0, 0.1) is 19.7 Å². The number of benzene rings is 1. The Morgan fingerprint density at radius 3 is 2.60 bits per heavy atom. The average molecular weight is 506 g/mol. The van der Waals surface area contributed by atoms with Crippen LogP contribution in [-0.4, -0.2) is 64.1 Å². The molecule has 0 saturated heterocycles. The minimum atomic E-state index is -0.559. The average Bonchev–Trinajstić information content (AvgIpc) is 3.21. The standard InChI is InChI=1S/C24H29ClFN5O4/c1-4-16(10-28-21(33)7-8-32)35-20-9-15(26)5-6-17(20)24(34)31-11-18(19(27)12-31)23-29-13(2)22(25)14(3)30-23/h5-6,9,16,32H,4,7-8,10-12,27H2,1-3H3,(H,28,33)/t16-/m1/s1. The number of hydrogen-bond acceptors (Lipinski definition) is 7. The van der Waals surface area contributed by atoms with Crippen molar-refractivity contribution in [2.24, 2.45) is 5.73 Å². The number of rotatable bonds is 9. The van der Waals surface area contributed by atoms with Gasteiger partial charge in [-0.2, -0.15) is 0 Å². The molecule has 35 heavy (non-hydrogen) atoms. The van der Waals surface area contributed by atoms with E-state index in [-0.39, 0.29) is 55.8 Å². The van der Waals surface area contributed by atoms with E-state index in [4.69, 9.17) is 27.2 Å². The summed E-state index contributed by atoms with van der Waals surface area (Å²) in [4.78, 5) is 35.4. The molecule has 0 spiro atoms. The Hall–Kier alpha value is -3.24. The summed E-state index contributed by atoms with van der Waals surface area (Å²) in [5.74, 6) is -0.793. The highest BCUT2D eigenvalue weighted by Gasteiger charge is 2.30. The first-order chi connectivity index (χ1) is 16.6. The van der Waals surface area contributed by atoms with Gasteiger partial charge in [0.1, 0.15) is 17.7 Å². The molecule has 188 valence electrons. The van der Waals surface area contributed by atoms with Crippen molar-refractivity contribution in [2.45, 2.75) is 39.7 Å². The number of amides is 2. The lowest BCUT2D eigenvalue weighted by Crippen LogP contribution is -2.36. The summed E-state index contributed by atoms with van der Waals surface area (Å²) in [6.45, 7) is 5.61. The molecule has 2 amide bonds. The number of ether oxygens (including phenoxy) is 1. The summed E-state index contributed by atoms with van der Waals surface area (Å²) in [5.41, 5.74) is 8.73. The monoisotopic (exact) mass is 505 g/mol. The number of aliphatic hydroxyl groups excluding tert-OH is 1. The lowest BCUT2D eigenvalue weighted by molar-refractivity contribution is -0.122. The van der Waals surface area contributed by atoms with Crippen LogP contribution in [0.2, 0.25) is 5.02 Å². The second-order valence-corrected chi connectivity index (χ2v) is 8.64. The van der Waals surface area contributed by atoms with Crippen molar-refractivity contribution in [2.75, 3.05) is 26.2 Å². The minimum absolute atomic E-state index is 0.0256. The molecule has 1 aromatic heterocycles. The van der Waals surface area contributed by atoms with Crippen molar-refractivity contribution < 1.29 is 23.8 Å². The third-order valence-electron chi connectivity index (χ3n) is 5.63. The van der Waals surface area contributed by atoms with Crippen molar-refractivity contribution in [1.29, 1.82) is 0 Å². The molecule has 1 aliphatic heterocycles. The highest BCUT2D eigenvalue weighted by Crippen LogP contribution is 2.29. The van der Waals surface area contributed by atoms with Crippen molar-refractivity contribution in [3.8, 4) is 5.75 Å². The van der Waals surface area contributed by atoms with E-state index in [0.29, 0.717) is 39.9 Å². The number of halogens is 2. The fourth-order valence-electron chi connectivity index (χ4n) is 3.65. The number of aliphatic hydroxyl groups is 1. The van der Waals surface area contributed by atoms with E-state index in [1.54, 1.807) is 13.8 Å². The molecule has 0 bridgehead atoms. The quantitative estimate of drug-likeness (QED) is 0.477. The van der Waals surface area contributed by atoms with Gasteiger partial charge in [0.15, 0.2) is 5.82 Å². The smallest absolute Gasteiger partial charge is 0.258 e.